The Kier molecular flexibility index (Phi) is 10.6. The summed E-state index contributed by atoms with van der Waals surface area (Å²) in [6.07, 6.45) is 0. The number of fused-ring (bicyclic) bond motifs is 4. The van der Waals surface area contributed by atoms with Crippen molar-refractivity contribution in [2.45, 2.75) is 57.8 Å². The zero-order valence-electron chi connectivity index (χ0n) is 40.0. The van der Waals surface area contributed by atoms with Crippen LogP contribution in [-0.2, 0) is 16.2 Å². The third-order valence-corrected chi connectivity index (χ3v) is 14.2. The van der Waals surface area contributed by atoms with Gasteiger partial charge < -0.3 is 4.90 Å². The maximum Gasteiger partial charge on any atom is 0.0714 e. The summed E-state index contributed by atoms with van der Waals surface area (Å²) in [5.41, 5.74) is 20.2. The number of benzene rings is 10. The van der Waals surface area contributed by atoms with Crippen LogP contribution in [0, 0.1) is 0 Å². The Hall–Kier alpha value is -7.74. The van der Waals surface area contributed by atoms with Crippen molar-refractivity contribution in [2.75, 3.05) is 4.90 Å². The van der Waals surface area contributed by atoms with Crippen LogP contribution in [-0.4, -0.2) is 0 Å². The minimum Gasteiger partial charge on any atom is -0.309 e. The van der Waals surface area contributed by atoms with Crippen LogP contribution >= 0.6 is 0 Å². The summed E-state index contributed by atoms with van der Waals surface area (Å²) in [6, 6.07) is 88.2. The van der Waals surface area contributed by atoms with Crippen LogP contribution in [0.5, 0.6) is 0 Å². The first-order valence-corrected chi connectivity index (χ1v) is 24.1. The molecule has 0 fully saturated rings. The van der Waals surface area contributed by atoms with Gasteiger partial charge in [0.25, 0.3) is 0 Å². The van der Waals surface area contributed by atoms with Gasteiger partial charge in [-0.05, 0) is 113 Å². The maximum absolute atomic E-state index is 2.52. The van der Waals surface area contributed by atoms with Crippen LogP contribution in [0.4, 0.5) is 17.1 Å². The van der Waals surface area contributed by atoms with E-state index in [1.54, 1.807) is 0 Å². The summed E-state index contributed by atoms with van der Waals surface area (Å²) in [4.78, 5) is 2.52. The van der Waals surface area contributed by atoms with E-state index >= 15 is 0 Å². The van der Waals surface area contributed by atoms with E-state index in [1.165, 1.54) is 77.5 Å². The quantitative estimate of drug-likeness (QED) is 0.147. The molecule has 0 saturated carbocycles. The van der Waals surface area contributed by atoms with E-state index in [2.05, 4.69) is 283 Å². The Labute approximate surface area is 403 Å². The standard InChI is InChI=1S/C67H57N/c1-65(2,3)51-42-48(43-52(44-51)66(4,5)6)55-36-21-26-47-27-22-37-59(64(47)55)58-35-16-20-41-63(58)68(62-40-19-15-32-54(62)46-24-9-7-10-25-46)53-31-23-30-50(45-53)67(49-28-11-8-12-29-49)60-38-17-13-33-56(60)57-34-14-18-39-61(57)67/h7-45H,1-6H3. The zero-order chi connectivity index (χ0) is 46.6. The first-order valence-electron chi connectivity index (χ1n) is 24.1. The van der Waals surface area contributed by atoms with Gasteiger partial charge in [0.15, 0.2) is 0 Å². The van der Waals surface area contributed by atoms with Crippen LogP contribution in [0.3, 0.4) is 0 Å². The Morgan fingerprint density at radius 3 is 1.38 bits per heavy atom. The van der Waals surface area contributed by atoms with Gasteiger partial charge in [-0.2, -0.15) is 0 Å². The lowest BCUT2D eigenvalue weighted by atomic mass is 9.67. The van der Waals surface area contributed by atoms with Crippen molar-refractivity contribution in [2.24, 2.45) is 0 Å². The van der Waals surface area contributed by atoms with Crippen molar-refractivity contribution in [1.82, 2.24) is 0 Å². The van der Waals surface area contributed by atoms with Crippen LogP contribution in [0.15, 0.2) is 237 Å². The van der Waals surface area contributed by atoms with Gasteiger partial charge in [0.05, 0.1) is 16.8 Å². The number of rotatable bonds is 8. The SMILES string of the molecule is CC(C)(C)c1cc(-c2cccc3cccc(-c4ccccc4N(c4cccc(C5(c6ccccc6)c6ccccc6-c6ccccc65)c4)c4ccccc4-c4ccccc4)c23)cc(C(C)(C)C)c1. The Balaban J connectivity index is 1.19. The molecule has 0 saturated heterocycles. The van der Waals surface area contributed by atoms with Gasteiger partial charge in [0.2, 0.25) is 0 Å². The highest BCUT2D eigenvalue weighted by Gasteiger charge is 2.46. The second-order valence-electron chi connectivity index (χ2n) is 20.5. The summed E-state index contributed by atoms with van der Waals surface area (Å²) < 4.78 is 0. The molecule has 0 atom stereocenters. The smallest absolute Gasteiger partial charge is 0.0714 e. The molecule has 10 aromatic rings. The van der Waals surface area contributed by atoms with E-state index in [1.807, 2.05) is 0 Å². The van der Waals surface area contributed by atoms with Gasteiger partial charge in [-0.15, -0.1) is 0 Å². The highest BCUT2D eigenvalue weighted by molar-refractivity contribution is 6.09. The molecule has 1 aliphatic carbocycles. The molecule has 1 nitrogen and oxygen atoms in total. The molecule has 68 heavy (non-hydrogen) atoms. The van der Waals surface area contributed by atoms with Crippen LogP contribution in [0.25, 0.3) is 55.3 Å². The third-order valence-electron chi connectivity index (χ3n) is 14.2. The predicted molar refractivity (Wildman–Crippen MR) is 290 cm³/mol. The molecule has 330 valence electrons. The molecule has 1 aliphatic rings. The average molecular weight is 876 g/mol. The Morgan fingerprint density at radius 1 is 0.324 bits per heavy atom. The molecule has 0 spiro atoms. The molecule has 10 aromatic carbocycles. The Bertz CT molecular complexity index is 3390. The van der Waals surface area contributed by atoms with Gasteiger partial charge in [-0.3, -0.25) is 0 Å². The maximum atomic E-state index is 2.52. The molecule has 0 N–H and O–H groups in total. The minimum absolute atomic E-state index is 0.0149. The molecule has 0 heterocycles. The second kappa shape index (κ2) is 16.8. The second-order valence-corrected chi connectivity index (χ2v) is 20.5. The van der Waals surface area contributed by atoms with E-state index in [0.29, 0.717) is 0 Å². The van der Waals surface area contributed by atoms with Gasteiger partial charge >= 0.3 is 0 Å². The number of anilines is 3. The number of hydrogen-bond donors (Lipinski definition) is 0. The minimum atomic E-state index is -0.549. The normalized spacial score (nSPS) is 13.0. The molecule has 0 amide bonds. The van der Waals surface area contributed by atoms with Gasteiger partial charge in [0.1, 0.15) is 0 Å². The van der Waals surface area contributed by atoms with Crippen molar-refractivity contribution in [1.29, 1.82) is 0 Å². The fourth-order valence-electron chi connectivity index (χ4n) is 10.9. The van der Waals surface area contributed by atoms with Gasteiger partial charge in [0, 0.05) is 16.8 Å². The van der Waals surface area contributed by atoms with E-state index in [0.717, 1.165) is 28.2 Å². The zero-order valence-corrected chi connectivity index (χ0v) is 40.0. The highest BCUT2D eigenvalue weighted by Crippen LogP contribution is 2.57. The largest absolute Gasteiger partial charge is 0.309 e. The Morgan fingerprint density at radius 2 is 0.779 bits per heavy atom. The fourth-order valence-corrected chi connectivity index (χ4v) is 10.9. The molecular weight excluding hydrogens is 819 g/mol. The molecule has 0 bridgehead atoms. The van der Waals surface area contributed by atoms with E-state index in [9.17, 15) is 0 Å². The molecule has 0 radical (unpaired) electrons. The summed E-state index contributed by atoms with van der Waals surface area (Å²) in [7, 11) is 0. The monoisotopic (exact) mass is 875 g/mol. The van der Waals surface area contributed by atoms with Crippen molar-refractivity contribution in [3.8, 4) is 44.5 Å². The van der Waals surface area contributed by atoms with Gasteiger partial charge in [-0.25, -0.2) is 0 Å². The van der Waals surface area contributed by atoms with E-state index in [-0.39, 0.29) is 10.8 Å². The number of hydrogen-bond acceptors (Lipinski definition) is 1. The molecule has 0 aromatic heterocycles. The van der Waals surface area contributed by atoms with Crippen molar-refractivity contribution in [3.63, 3.8) is 0 Å². The topological polar surface area (TPSA) is 3.24 Å². The van der Waals surface area contributed by atoms with Crippen LogP contribution in [0.2, 0.25) is 0 Å². The highest BCUT2D eigenvalue weighted by atomic mass is 15.1. The third kappa shape index (κ3) is 7.26. The first kappa shape index (κ1) is 42.9. The molecule has 0 unspecified atom stereocenters. The lowest BCUT2D eigenvalue weighted by Crippen LogP contribution is -2.28. The average Bonchev–Trinajstić information content (AvgIpc) is 3.67. The van der Waals surface area contributed by atoms with Crippen molar-refractivity contribution in [3.05, 3.63) is 270 Å². The number of nitrogens with zero attached hydrogens (tertiary/aromatic N) is 1. The fraction of sp³-hybridized carbons (Fsp3) is 0.134. The van der Waals surface area contributed by atoms with Gasteiger partial charge in [-0.1, -0.05) is 254 Å². The molecule has 1 heteroatoms. The summed E-state index contributed by atoms with van der Waals surface area (Å²) in [6.45, 7) is 14.0. The predicted octanol–water partition coefficient (Wildman–Crippen LogP) is 18.3. The van der Waals surface area contributed by atoms with Crippen molar-refractivity contribution >= 4 is 27.8 Å². The van der Waals surface area contributed by atoms with E-state index < -0.39 is 5.41 Å². The van der Waals surface area contributed by atoms with Crippen LogP contribution < -0.4 is 4.90 Å². The summed E-state index contributed by atoms with van der Waals surface area (Å²) in [5.74, 6) is 0. The lowest BCUT2D eigenvalue weighted by Gasteiger charge is -2.35. The molecular formula is C67H57N. The number of para-hydroxylation sites is 2. The van der Waals surface area contributed by atoms with Crippen molar-refractivity contribution < 1.29 is 0 Å². The first-order chi connectivity index (χ1) is 33.0. The lowest BCUT2D eigenvalue weighted by molar-refractivity contribution is 0.569. The summed E-state index contributed by atoms with van der Waals surface area (Å²) in [5, 5.41) is 2.47. The molecule has 11 rings (SSSR count). The van der Waals surface area contributed by atoms with Crippen LogP contribution in [0.1, 0.15) is 74.9 Å². The molecule has 0 aliphatic heterocycles. The van der Waals surface area contributed by atoms with E-state index in [4.69, 9.17) is 0 Å². The summed E-state index contributed by atoms with van der Waals surface area (Å²) >= 11 is 0.